The molecule has 1 aromatic heterocycles. The van der Waals surface area contributed by atoms with Crippen LogP contribution in [0.5, 0.6) is 0 Å². The van der Waals surface area contributed by atoms with Crippen LogP contribution in [0, 0.1) is 0 Å². The number of halogens is 1. The molecule has 1 aliphatic heterocycles. The summed E-state index contributed by atoms with van der Waals surface area (Å²) in [7, 11) is 3.65. The molecule has 0 amide bonds. The summed E-state index contributed by atoms with van der Waals surface area (Å²) in [5.74, 6) is 0.814. The lowest BCUT2D eigenvalue weighted by molar-refractivity contribution is 0.111. The van der Waals surface area contributed by atoms with Crippen LogP contribution in [-0.2, 0) is 11.8 Å². The third-order valence-corrected chi connectivity index (χ3v) is 5.32. The minimum absolute atomic E-state index is 0.137. The predicted molar refractivity (Wildman–Crippen MR) is 119 cm³/mol. The summed E-state index contributed by atoms with van der Waals surface area (Å²) in [5, 5.41) is 11.9. The Morgan fingerprint density at radius 3 is 3.00 bits per heavy atom. The summed E-state index contributed by atoms with van der Waals surface area (Å²) in [5.41, 5.74) is 2.20. The Bertz CT molecular complexity index is 808. The normalized spacial score (nSPS) is 18.6. The smallest absolute Gasteiger partial charge is 0.191 e. The predicted octanol–water partition coefficient (Wildman–Crippen LogP) is 2.99. The Labute approximate surface area is 178 Å². The summed E-state index contributed by atoms with van der Waals surface area (Å²) in [6.45, 7) is 5.38. The van der Waals surface area contributed by atoms with E-state index in [1.165, 1.54) is 5.69 Å². The number of nitrogens with one attached hydrogen (secondary N) is 2. The van der Waals surface area contributed by atoms with Crippen molar-refractivity contribution in [2.75, 3.05) is 38.2 Å². The average molecular weight is 419 g/mol. The van der Waals surface area contributed by atoms with Gasteiger partial charge in [0.15, 0.2) is 5.96 Å². The molecule has 158 valence electrons. The van der Waals surface area contributed by atoms with E-state index in [0.29, 0.717) is 17.6 Å². The second kappa shape index (κ2) is 10.5. The molecule has 2 N–H and O–H groups in total. The fourth-order valence-corrected chi connectivity index (χ4v) is 3.81. The number of anilines is 1. The quantitative estimate of drug-likeness (QED) is 0.534. The second-order valence-corrected chi connectivity index (χ2v) is 7.74. The van der Waals surface area contributed by atoms with Crippen LogP contribution in [0.15, 0.2) is 41.7 Å². The Kier molecular flexibility index (Phi) is 7.77. The van der Waals surface area contributed by atoms with Gasteiger partial charge in [-0.2, -0.15) is 5.10 Å². The lowest BCUT2D eigenvalue weighted by Gasteiger charge is -2.34. The van der Waals surface area contributed by atoms with Crippen LogP contribution in [0.1, 0.15) is 31.4 Å². The molecule has 7 nitrogen and oxygen atoms in total. The van der Waals surface area contributed by atoms with Gasteiger partial charge < -0.3 is 20.3 Å². The van der Waals surface area contributed by atoms with Crippen LogP contribution in [0.2, 0.25) is 5.02 Å². The number of nitrogens with zero attached hydrogens (tertiary/aromatic N) is 4. The zero-order valence-corrected chi connectivity index (χ0v) is 18.2. The highest BCUT2D eigenvalue weighted by Crippen LogP contribution is 2.21. The topological polar surface area (TPSA) is 66.7 Å². The molecule has 2 aromatic rings. The number of benzene rings is 1. The van der Waals surface area contributed by atoms with E-state index in [2.05, 4.69) is 33.8 Å². The molecule has 1 aromatic carbocycles. The number of ether oxygens (including phenoxy) is 1. The lowest BCUT2D eigenvalue weighted by atomic mass is 10.1. The molecule has 0 spiro atoms. The highest BCUT2D eigenvalue weighted by Gasteiger charge is 2.22. The first-order chi connectivity index (χ1) is 14.1. The van der Waals surface area contributed by atoms with Gasteiger partial charge in [-0.3, -0.25) is 9.67 Å². The molecular formula is C21H31ClN6O. The van der Waals surface area contributed by atoms with Gasteiger partial charge in [0, 0.05) is 51.1 Å². The van der Waals surface area contributed by atoms with Crippen LogP contribution < -0.4 is 15.5 Å². The zero-order valence-electron chi connectivity index (χ0n) is 17.4. The first-order valence-electron chi connectivity index (χ1n) is 10.2. The van der Waals surface area contributed by atoms with Gasteiger partial charge in [-0.15, -0.1) is 0 Å². The van der Waals surface area contributed by atoms with Gasteiger partial charge in [0.25, 0.3) is 0 Å². The Balaban J connectivity index is 1.63. The first-order valence-corrected chi connectivity index (χ1v) is 10.5. The van der Waals surface area contributed by atoms with Gasteiger partial charge in [-0.1, -0.05) is 23.7 Å². The maximum atomic E-state index is 6.13. The van der Waals surface area contributed by atoms with E-state index in [9.17, 15) is 0 Å². The highest BCUT2D eigenvalue weighted by atomic mass is 35.5. The molecule has 1 fully saturated rings. The van der Waals surface area contributed by atoms with Crippen molar-refractivity contribution in [1.82, 2.24) is 20.4 Å². The average Bonchev–Trinajstić information content (AvgIpc) is 3.15. The molecule has 2 unspecified atom stereocenters. The monoisotopic (exact) mass is 418 g/mol. The number of aliphatic imine (C=N–C) groups is 1. The van der Waals surface area contributed by atoms with E-state index in [1.807, 2.05) is 42.2 Å². The van der Waals surface area contributed by atoms with E-state index in [0.717, 1.165) is 44.0 Å². The molecule has 3 rings (SSSR count). The minimum atomic E-state index is -0.137. The molecule has 1 saturated heterocycles. The Morgan fingerprint density at radius 2 is 2.31 bits per heavy atom. The van der Waals surface area contributed by atoms with Gasteiger partial charge in [-0.05, 0) is 37.5 Å². The van der Waals surface area contributed by atoms with Crippen molar-refractivity contribution in [2.45, 2.75) is 31.9 Å². The maximum Gasteiger partial charge on any atom is 0.191 e. The fourth-order valence-electron chi connectivity index (χ4n) is 3.61. The highest BCUT2D eigenvalue weighted by molar-refractivity contribution is 6.30. The molecule has 2 heterocycles. The summed E-state index contributed by atoms with van der Waals surface area (Å²) >= 11 is 6.13. The van der Waals surface area contributed by atoms with Crippen molar-refractivity contribution in [3.63, 3.8) is 0 Å². The van der Waals surface area contributed by atoms with Crippen molar-refractivity contribution in [2.24, 2.45) is 12.0 Å². The minimum Gasteiger partial charge on any atom is -0.375 e. The SMILES string of the molecule is CCNC(=NCC(OC)c1cccc(Cl)c1)NC1CCCN(c2cnn(C)c2)C1. The zero-order chi connectivity index (χ0) is 20.6. The van der Waals surface area contributed by atoms with Crippen molar-refractivity contribution >= 4 is 23.2 Å². The number of piperidine rings is 1. The van der Waals surface area contributed by atoms with Gasteiger partial charge in [0.2, 0.25) is 0 Å². The van der Waals surface area contributed by atoms with Crippen molar-refractivity contribution in [1.29, 1.82) is 0 Å². The molecule has 1 aliphatic rings. The summed E-state index contributed by atoms with van der Waals surface area (Å²) < 4.78 is 7.49. The molecule has 0 saturated carbocycles. The number of hydrogen-bond donors (Lipinski definition) is 2. The largest absolute Gasteiger partial charge is 0.375 e. The molecule has 0 radical (unpaired) electrons. The van der Waals surface area contributed by atoms with Gasteiger partial charge in [-0.25, -0.2) is 0 Å². The van der Waals surface area contributed by atoms with E-state index in [4.69, 9.17) is 21.3 Å². The fraction of sp³-hybridized carbons (Fsp3) is 0.524. The van der Waals surface area contributed by atoms with Gasteiger partial charge in [0.05, 0.1) is 18.4 Å². The molecule has 29 heavy (non-hydrogen) atoms. The van der Waals surface area contributed by atoms with Gasteiger partial charge in [0.1, 0.15) is 6.10 Å². The second-order valence-electron chi connectivity index (χ2n) is 7.30. The van der Waals surface area contributed by atoms with E-state index in [-0.39, 0.29) is 6.10 Å². The van der Waals surface area contributed by atoms with Crippen molar-refractivity contribution in [3.05, 3.63) is 47.2 Å². The molecule has 8 heteroatoms. The van der Waals surface area contributed by atoms with E-state index >= 15 is 0 Å². The summed E-state index contributed by atoms with van der Waals surface area (Å²) in [6.07, 6.45) is 6.10. The third-order valence-electron chi connectivity index (χ3n) is 5.08. The standard InChI is InChI=1S/C21H31ClN6O/c1-4-23-21(24-13-20(29-3)16-7-5-8-17(22)11-16)26-18-9-6-10-28(14-18)19-12-25-27(2)15-19/h5,7-8,11-12,15,18,20H,4,6,9-10,13-14H2,1-3H3,(H2,23,24,26). The number of hydrogen-bond acceptors (Lipinski definition) is 4. The van der Waals surface area contributed by atoms with Crippen molar-refractivity contribution < 1.29 is 4.74 Å². The lowest BCUT2D eigenvalue weighted by Crippen LogP contribution is -2.51. The van der Waals surface area contributed by atoms with Crippen LogP contribution in [0.25, 0.3) is 0 Å². The van der Waals surface area contributed by atoms with Crippen molar-refractivity contribution in [3.8, 4) is 0 Å². The molecule has 2 atom stereocenters. The van der Waals surface area contributed by atoms with Crippen LogP contribution in [-0.4, -0.2) is 55.1 Å². The van der Waals surface area contributed by atoms with E-state index < -0.39 is 0 Å². The summed E-state index contributed by atoms with van der Waals surface area (Å²) in [4.78, 5) is 7.15. The number of aryl methyl sites for hydroxylation is 1. The molecule has 0 bridgehead atoms. The maximum absolute atomic E-state index is 6.13. The first kappa shape index (κ1) is 21.5. The molecular weight excluding hydrogens is 388 g/mol. The van der Waals surface area contributed by atoms with Crippen LogP contribution >= 0.6 is 11.6 Å². The third kappa shape index (κ3) is 6.11. The summed E-state index contributed by atoms with van der Waals surface area (Å²) in [6, 6.07) is 8.07. The number of aromatic nitrogens is 2. The van der Waals surface area contributed by atoms with Gasteiger partial charge >= 0.3 is 0 Å². The van der Waals surface area contributed by atoms with E-state index in [1.54, 1.807) is 7.11 Å². The van der Waals surface area contributed by atoms with Crippen LogP contribution in [0.4, 0.5) is 5.69 Å². The Morgan fingerprint density at radius 1 is 1.45 bits per heavy atom. The number of methoxy groups -OCH3 is 1. The number of guanidine groups is 1. The Hall–Kier alpha value is -2.25. The number of rotatable bonds is 7. The van der Waals surface area contributed by atoms with Crippen LogP contribution in [0.3, 0.4) is 0 Å². The molecule has 0 aliphatic carbocycles.